The summed E-state index contributed by atoms with van der Waals surface area (Å²) in [5, 5.41) is 0.395. The van der Waals surface area contributed by atoms with Crippen LogP contribution in [0.25, 0.3) is 11.0 Å². The van der Waals surface area contributed by atoms with Gasteiger partial charge in [-0.3, -0.25) is 14.5 Å². The number of pyridine rings is 1. The van der Waals surface area contributed by atoms with Gasteiger partial charge in [-0.15, -0.1) is 0 Å². The Bertz CT molecular complexity index is 1510. The molecule has 0 saturated carbocycles. The predicted octanol–water partition coefficient (Wildman–Crippen LogP) is 6.20. The topological polar surface area (TPSA) is 81.9 Å². The molecule has 1 unspecified atom stereocenters. The molecule has 4 aromatic rings. The van der Waals surface area contributed by atoms with Gasteiger partial charge in [-0.1, -0.05) is 41.4 Å². The van der Waals surface area contributed by atoms with Crippen molar-refractivity contribution in [3.05, 3.63) is 91.9 Å². The van der Waals surface area contributed by atoms with Crippen molar-refractivity contribution in [2.45, 2.75) is 32.7 Å². The third kappa shape index (κ3) is 4.15. The molecule has 7 nitrogen and oxygen atoms in total. The maximum Gasteiger partial charge on any atom is 0.296 e. The number of anilines is 1. The van der Waals surface area contributed by atoms with Gasteiger partial charge in [0.1, 0.15) is 11.4 Å². The Balaban J connectivity index is 1.71. The Morgan fingerprint density at radius 3 is 2.64 bits per heavy atom. The number of fused-ring (bicyclic) bond motifs is 2. The van der Waals surface area contributed by atoms with Crippen LogP contribution in [0.3, 0.4) is 0 Å². The van der Waals surface area contributed by atoms with Gasteiger partial charge in [-0.05, 0) is 60.9 Å². The van der Waals surface area contributed by atoms with E-state index in [-0.39, 0.29) is 16.8 Å². The van der Waals surface area contributed by atoms with E-state index in [2.05, 4.69) is 27.8 Å². The normalized spacial score (nSPS) is 14.8. The Labute approximate surface area is 216 Å². The number of benzene rings is 2. The zero-order valence-corrected chi connectivity index (χ0v) is 21.8. The first kappa shape index (κ1) is 24.1. The molecule has 36 heavy (non-hydrogen) atoms. The number of carbonyl (C=O) groups excluding carboxylic acids is 1. The third-order valence-electron chi connectivity index (χ3n) is 6.23. The Morgan fingerprint density at radius 1 is 1.08 bits per heavy atom. The van der Waals surface area contributed by atoms with Crippen LogP contribution < -0.4 is 19.8 Å². The summed E-state index contributed by atoms with van der Waals surface area (Å²) in [6.45, 7) is 4.59. The molecule has 0 radical (unpaired) electrons. The Kier molecular flexibility index (Phi) is 6.53. The minimum Gasteiger partial charge on any atom is -0.493 e. The van der Waals surface area contributed by atoms with E-state index in [4.69, 9.17) is 13.9 Å². The van der Waals surface area contributed by atoms with Gasteiger partial charge >= 0.3 is 0 Å². The SMILES string of the molecule is CCCCOc1ccc(C2c3c(oc4ccc(Br)cc4c3=O)C(=O)N2c2ccc(C)cn2)cc1OC. The van der Waals surface area contributed by atoms with E-state index in [1.165, 1.54) is 4.90 Å². The van der Waals surface area contributed by atoms with Gasteiger partial charge in [0.05, 0.1) is 30.7 Å². The molecule has 2 aromatic heterocycles. The van der Waals surface area contributed by atoms with E-state index in [0.29, 0.717) is 40.5 Å². The number of ether oxygens (including phenoxy) is 2. The van der Waals surface area contributed by atoms with Crippen LogP contribution in [-0.4, -0.2) is 24.6 Å². The molecule has 1 atom stereocenters. The number of methoxy groups -OCH3 is 1. The highest BCUT2D eigenvalue weighted by atomic mass is 79.9. The monoisotopic (exact) mass is 548 g/mol. The van der Waals surface area contributed by atoms with Crippen LogP contribution in [0.2, 0.25) is 0 Å². The second-order valence-corrected chi connectivity index (χ2v) is 9.61. The quantitative estimate of drug-likeness (QED) is 0.256. The molecule has 1 aliphatic heterocycles. The van der Waals surface area contributed by atoms with Crippen molar-refractivity contribution >= 4 is 38.6 Å². The molecular formula is C28H25BrN2O5. The second-order valence-electron chi connectivity index (χ2n) is 8.70. The maximum atomic E-state index is 13.8. The predicted molar refractivity (Wildman–Crippen MR) is 141 cm³/mol. The average Bonchev–Trinajstić information content (AvgIpc) is 3.17. The number of carbonyl (C=O) groups is 1. The fourth-order valence-corrected chi connectivity index (χ4v) is 4.76. The highest BCUT2D eigenvalue weighted by molar-refractivity contribution is 9.10. The summed E-state index contributed by atoms with van der Waals surface area (Å²) in [6, 6.07) is 13.5. The number of halogens is 1. The molecule has 0 aliphatic carbocycles. The number of aromatic nitrogens is 1. The van der Waals surface area contributed by atoms with Crippen molar-refractivity contribution in [3.8, 4) is 11.5 Å². The van der Waals surface area contributed by atoms with Crippen molar-refractivity contribution < 1.29 is 18.7 Å². The molecule has 1 amide bonds. The highest BCUT2D eigenvalue weighted by Crippen LogP contribution is 2.43. The van der Waals surface area contributed by atoms with Gasteiger partial charge in [0, 0.05) is 10.7 Å². The molecule has 5 rings (SSSR count). The number of amides is 1. The lowest BCUT2D eigenvalue weighted by atomic mass is 9.98. The van der Waals surface area contributed by atoms with Crippen LogP contribution in [0.4, 0.5) is 5.82 Å². The van der Waals surface area contributed by atoms with Gasteiger partial charge in [-0.2, -0.15) is 0 Å². The van der Waals surface area contributed by atoms with Crippen LogP contribution in [0, 0.1) is 6.92 Å². The lowest BCUT2D eigenvalue weighted by molar-refractivity contribution is 0.0970. The molecule has 184 valence electrons. The number of unbranched alkanes of at least 4 members (excludes halogenated alkanes) is 1. The first-order valence-electron chi connectivity index (χ1n) is 11.8. The minimum absolute atomic E-state index is 0.0180. The zero-order chi connectivity index (χ0) is 25.4. The van der Waals surface area contributed by atoms with Crippen molar-refractivity contribution in [1.82, 2.24) is 4.98 Å². The standard InChI is InChI=1S/C28H25BrN2O5/c1-4-5-12-35-21-9-7-17(13-22(21)34-3)25-24-26(32)19-14-18(29)8-10-20(19)36-27(24)28(33)31(25)23-11-6-16(2)15-30-23/h6-11,13-15,25H,4-5,12H2,1-3H3. The van der Waals surface area contributed by atoms with E-state index >= 15 is 0 Å². The molecule has 0 spiro atoms. The largest absolute Gasteiger partial charge is 0.493 e. The molecule has 0 bridgehead atoms. The van der Waals surface area contributed by atoms with Gasteiger partial charge < -0.3 is 13.9 Å². The number of aryl methyl sites for hydroxylation is 1. The number of nitrogens with zero attached hydrogens (tertiary/aromatic N) is 2. The van der Waals surface area contributed by atoms with Crippen molar-refractivity contribution in [1.29, 1.82) is 0 Å². The first-order valence-corrected chi connectivity index (χ1v) is 12.6. The highest BCUT2D eigenvalue weighted by Gasteiger charge is 2.44. The van der Waals surface area contributed by atoms with Crippen LogP contribution in [0.1, 0.15) is 53.1 Å². The molecule has 0 N–H and O–H groups in total. The number of hydrogen-bond acceptors (Lipinski definition) is 6. The summed E-state index contributed by atoms with van der Waals surface area (Å²) in [4.78, 5) is 33.5. The van der Waals surface area contributed by atoms with Gasteiger partial charge in [0.25, 0.3) is 5.91 Å². The van der Waals surface area contributed by atoms with Gasteiger partial charge in [0.15, 0.2) is 16.9 Å². The van der Waals surface area contributed by atoms with E-state index in [0.717, 1.165) is 22.9 Å². The van der Waals surface area contributed by atoms with Gasteiger partial charge in [-0.25, -0.2) is 4.98 Å². The van der Waals surface area contributed by atoms with Crippen molar-refractivity contribution in [2.24, 2.45) is 0 Å². The lowest BCUT2D eigenvalue weighted by Gasteiger charge is -2.25. The van der Waals surface area contributed by atoms with Crippen molar-refractivity contribution in [3.63, 3.8) is 0 Å². The van der Waals surface area contributed by atoms with Gasteiger partial charge in [0.2, 0.25) is 5.76 Å². The van der Waals surface area contributed by atoms with Crippen LogP contribution in [0.15, 0.2) is 68.4 Å². The maximum absolute atomic E-state index is 13.8. The van der Waals surface area contributed by atoms with E-state index in [1.807, 2.05) is 25.1 Å². The first-order chi connectivity index (χ1) is 17.4. The fourth-order valence-electron chi connectivity index (χ4n) is 4.40. The summed E-state index contributed by atoms with van der Waals surface area (Å²) in [7, 11) is 1.57. The summed E-state index contributed by atoms with van der Waals surface area (Å²) in [5.41, 5.74) is 2.01. The average molecular weight is 549 g/mol. The number of hydrogen-bond donors (Lipinski definition) is 0. The third-order valence-corrected chi connectivity index (χ3v) is 6.73. The molecule has 1 aliphatic rings. The molecule has 0 fully saturated rings. The molecular weight excluding hydrogens is 524 g/mol. The Hall–Kier alpha value is -3.65. The summed E-state index contributed by atoms with van der Waals surface area (Å²) < 4.78 is 18.3. The second kappa shape index (κ2) is 9.78. The lowest BCUT2D eigenvalue weighted by Crippen LogP contribution is -2.30. The molecule has 8 heteroatoms. The van der Waals surface area contributed by atoms with E-state index in [1.54, 1.807) is 43.6 Å². The van der Waals surface area contributed by atoms with Crippen LogP contribution in [0.5, 0.6) is 11.5 Å². The van der Waals surface area contributed by atoms with E-state index in [9.17, 15) is 9.59 Å². The Morgan fingerprint density at radius 2 is 1.92 bits per heavy atom. The summed E-state index contributed by atoms with van der Waals surface area (Å²) in [5.74, 6) is 1.15. The zero-order valence-electron chi connectivity index (χ0n) is 20.2. The van der Waals surface area contributed by atoms with Crippen molar-refractivity contribution in [2.75, 3.05) is 18.6 Å². The molecule has 3 heterocycles. The minimum atomic E-state index is -0.749. The summed E-state index contributed by atoms with van der Waals surface area (Å²) in [6.07, 6.45) is 3.63. The summed E-state index contributed by atoms with van der Waals surface area (Å²) >= 11 is 3.43. The van der Waals surface area contributed by atoms with Crippen LogP contribution >= 0.6 is 15.9 Å². The van der Waals surface area contributed by atoms with E-state index < -0.39 is 11.9 Å². The fraction of sp³-hybridized carbons (Fsp3) is 0.250. The molecule has 0 saturated heterocycles. The number of rotatable bonds is 7. The molecule has 2 aromatic carbocycles. The smallest absolute Gasteiger partial charge is 0.296 e. The van der Waals surface area contributed by atoms with Crippen LogP contribution in [-0.2, 0) is 0 Å².